The number of fused-ring (bicyclic) bond motifs is 2. The molecule has 2 aromatic heterocycles. The molecule has 0 saturated carbocycles. The third kappa shape index (κ3) is 3.18. The lowest BCUT2D eigenvalue weighted by Gasteiger charge is -2.06. The van der Waals surface area contributed by atoms with E-state index in [1.54, 1.807) is 7.11 Å². The molecule has 26 heavy (non-hydrogen) atoms. The number of pyridine rings is 1. The molecule has 0 aliphatic carbocycles. The van der Waals surface area contributed by atoms with E-state index in [0.717, 1.165) is 42.6 Å². The Morgan fingerprint density at radius 3 is 2.73 bits per heavy atom. The van der Waals surface area contributed by atoms with E-state index in [1.807, 2.05) is 55.5 Å². The number of amides is 1. The van der Waals surface area contributed by atoms with Crippen LogP contribution < -0.4 is 10.1 Å². The summed E-state index contributed by atoms with van der Waals surface area (Å²) in [5, 5.41) is 4.89. The lowest BCUT2D eigenvalue weighted by molar-refractivity contribution is 0.103. The number of rotatable bonds is 3. The molecule has 1 amide bonds. The van der Waals surface area contributed by atoms with Crippen molar-refractivity contribution in [2.24, 2.45) is 0 Å². The summed E-state index contributed by atoms with van der Waals surface area (Å²) in [6.45, 7) is 2.01. The third-order valence-electron chi connectivity index (χ3n) is 4.10. The molecule has 130 valence electrons. The summed E-state index contributed by atoms with van der Waals surface area (Å²) in [6, 6.07) is 15.5. The number of methoxy groups -OCH3 is 1. The second-order valence-corrected chi connectivity index (χ2v) is 7.87. The average molecular weight is 427 g/mol. The average Bonchev–Trinajstić information content (AvgIpc) is 3.04. The molecule has 1 N–H and O–H groups in total. The molecule has 0 atom stereocenters. The van der Waals surface area contributed by atoms with Gasteiger partial charge >= 0.3 is 0 Å². The minimum Gasteiger partial charge on any atom is -0.497 e. The first kappa shape index (κ1) is 17.0. The number of benzene rings is 2. The lowest BCUT2D eigenvalue weighted by Crippen LogP contribution is -2.10. The van der Waals surface area contributed by atoms with E-state index >= 15 is 0 Å². The topological polar surface area (TPSA) is 51.2 Å². The Morgan fingerprint density at radius 2 is 1.96 bits per heavy atom. The van der Waals surface area contributed by atoms with Crippen molar-refractivity contribution in [2.75, 3.05) is 12.4 Å². The number of hydrogen-bond donors (Lipinski definition) is 1. The molecule has 0 aliphatic rings. The summed E-state index contributed by atoms with van der Waals surface area (Å²) >= 11 is 4.88. The van der Waals surface area contributed by atoms with Crippen LogP contribution in [0.5, 0.6) is 5.75 Å². The third-order valence-corrected chi connectivity index (χ3v) is 5.80. The number of halogens is 1. The van der Waals surface area contributed by atoms with Gasteiger partial charge in [-0.1, -0.05) is 6.07 Å². The van der Waals surface area contributed by atoms with Crippen molar-refractivity contribution in [2.45, 2.75) is 6.92 Å². The molecule has 4 aromatic rings. The first-order valence-electron chi connectivity index (χ1n) is 7.99. The van der Waals surface area contributed by atoms with E-state index in [0.29, 0.717) is 4.88 Å². The molecule has 0 spiro atoms. The SMILES string of the molecule is COc1ccc2nc3sc(C(=O)Nc4ccc(C)cc4Br)cc3cc2c1. The maximum atomic E-state index is 12.6. The predicted octanol–water partition coefficient (Wildman–Crippen LogP) is 5.78. The van der Waals surface area contributed by atoms with Crippen molar-refractivity contribution in [1.82, 2.24) is 4.98 Å². The highest BCUT2D eigenvalue weighted by Crippen LogP contribution is 2.30. The van der Waals surface area contributed by atoms with Crippen LogP contribution in [0.1, 0.15) is 15.2 Å². The minimum absolute atomic E-state index is 0.140. The van der Waals surface area contributed by atoms with Gasteiger partial charge in [0.15, 0.2) is 0 Å². The number of hydrogen-bond acceptors (Lipinski definition) is 4. The van der Waals surface area contributed by atoms with Crippen LogP contribution in [0.15, 0.2) is 53.0 Å². The number of nitrogens with one attached hydrogen (secondary N) is 1. The minimum atomic E-state index is -0.140. The van der Waals surface area contributed by atoms with Gasteiger partial charge in [0.05, 0.1) is 23.2 Å². The molecule has 0 fully saturated rings. The number of carbonyl (C=O) groups excluding carboxylic acids is 1. The van der Waals surface area contributed by atoms with E-state index in [9.17, 15) is 4.79 Å². The zero-order valence-corrected chi connectivity index (χ0v) is 16.6. The number of thiophene rings is 1. The summed E-state index contributed by atoms with van der Waals surface area (Å²) in [7, 11) is 1.64. The lowest BCUT2D eigenvalue weighted by atomic mass is 10.2. The Hall–Kier alpha value is -2.44. The number of aromatic nitrogens is 1. The zero-order chi connectivity index (χ0) is 18.3. The molecule has 2 heterocycles. The first-order valence-corrected chi connectivity index (χ1v) is 9.60. The van der Waals surface area contributed by atoms with Gasteiger partial charge in [-0.25, -0.2) is 4.98 Å². The van der Waals surface area contributed by atoms with Crippen LogP contribution in [0.4, 0.5) is 5.69 Å². The Morgan fingerprint density at radius 1 is 1.12 bits per heavy atom. The monoisotopic (exact) mass is 426 g/mol. The number of aryl methyl sites for hydroxylation is 1. The predicted molar refractivity (Wildman–Crippen MR) is 111 cm³/mol. The fraction of sp³-hybridized carbons (Fsp3) is 0.100. The van der Waals surface area contributed by atoms with Crippen molar-refractivity contribution in [3.63, 3.8) is 0 Å². The summed E-state index contributed by atoms with van der Waals surface area (Å²) in [5.74, 6) is 0.648. The van der Waals surface area contributed by atoms with Gasteiger partial charge in [0.25, 0.3) is 5.91 Å². The second-order valence-electron chi connectivity index (χ2n) is 5.99. The van der Waals surface area contributed by atoms with E-state index in [1.165, 1.54) is 11.3 Å². The van der Waals surface area contributed by atoms with E-state index in [-0.39, 0.29) is 5.91 Å². The van der Waals surface area contributed by atoms with Gasteiger partial charge < -0.3 is 10.1 Å². The first-order chi connectivity index (χ1) is 12.5. The van der Waals surface area contributed by atoms with Crippen LogP contribution in [0.2, 0.25) is 0 Å². The van der Waals surface area contributed by atoms with E-state index < -0.39 is 0 Å². The summed E-state index contributed by atoms with van der Waals surface area (Å²) in [5.41, 5.74) is 2.76. The van der Waals surface area contributed by atoms with Crippen LogP contribution in [0, 0.1) is 6.92 Å². The Balaban J connectivity index is 1.69. The number of carbonyl (C=O) groups is 1. The van der Waals surface area contributed by atoms with Crippen molar-refractivity contribution in [3.05, 3.63) is 63.4 Å². The maximum absolute atomic E-state index is 12.6. The second kappa shape index (κ2) is 6.70. The fourth-order valence-electron chi connectivity index (χ4n) is 2.76. The standard InChI is InChI=1S/C20H15BrN2O2S/c1-11-3-5-17(15(21)7-11)22-19(24)18-10-13-8-12-9-14(25-2)4-6-16(12)23-20(13)26-18/h3-10H,1-2H3,(H,22,24). The van der Waals surface area contributed by atoms with Crippen molar-refractivity contribution in [3.8, 4) is 5.75 Å². The van der Waals surface area contributed by atoms with Crippen molar-refractivity contribution >= 4 is 60.0 Å². The molecule has 4 rings (SSSR count). The van der Waals surface area contributed by atoms with Gasteiger partial charge in [-0.2, -0.15) is 0 Å². The maximum Gasteiger partial charge on any atom is 0.265 e. The van der Waals surface area contributed by atoms with E-state index in [4.69, 9.17) is 4.74 Å². The Kier molecular flexibility index (Phi) is 4.38. The Labute approximate surface area is 162 Å². The quantitative estimate of drug-likeness (QED) is 0.451. The van der Waals surface area contributed by atoms with Gasteiger partial charge in [-0.3, -0.25) is 4.79 Å². The largest absolute Gasteiger partial charge is 0.497 e. The highest BCUT2D eigenvalue weighted by Gasteiger charge is 2.13. The number of nitrogens with zero attached hydrogens (tertiary/aromatic N) is 1. The van der Waals surface area contributed by atoms with Crippen LogP contribution in [0.3, 0.4) is 0 Å². The summed E-state index contributed by atoms with van der Waals surface area (Å²) in [4.78, 5) is 18.8. The van der Waals surface area contributed by atoms with E-state index in [2.05, 4.69) is 26.2 Å². The van der Waals surface area contributed by atoms with Crippen LogP contribution in [0.25, 0.3) is 21.1 Å². The van der Waals surface area contributed by atoms with Crippen LogP contribution >= 0.6 is 27.3 Å². The molecular weight excluding hydrogens is 412 g/mol. The summed E-state index contributed by atoms with van der Waals surface area (Å²) in [6.07, 6.45) is 0. The molecular formula is C20H15BrN2O2S. The zero-order valence-electron chi connectivity index (χ0n) is 14.2. The van der Waals surface area contributed by atoms with Gasteiger partial charge in [-0.05, 0) is 70.9 Å². The molecule has 0 bridgehead atoms. The van der Waals surface area contributed by atoms with Crippen LogP contribution in [-0.2, 0) is 0 Å². The fourth-order valence-corrected chi connectivity index (χ4v) is 4.27. The molecule has 0 unspecified atom stereocenters. The number of anilines is 1. The highest BCUT2D eigenvalue weighted by atomic mass is 79.9. The normalized spacial score (nSPS) is 11.0. The molecule has 6 heteroatoms. The van der Waals surface area contributed by atoms with Crippen molar-refractivity contribution < 1.29 is 9.53 Å². The molecule has 0 saturated heterocycles. The van der Waals surface area contributed by atoms with Gasteiger partial charge in [0.1, 0.15) is 10.6 Å². The molecule has 0 aliphatic heterocycles. The molecule has 2 aromatic carbocycles. The highest BCUT2D eigenvalue weighted by molar-refractivity contribution is 9.10. The van der Waals surface area contributed by atoms with Crippen LogP contribution in [-0.4, -0.2) is 18.0 Å². The van der Waals surface area contributed by atoms with Gasteiger partial charge in [0.2, 0.25) is 0 Å². The molecule has 0 radical (unpaired) electrons. The van der Waals surface area contributed by atoms with Gasteiger partial charge in [0, 0.05) is 15.2 Å². The number of ether oxygens (including phenoxy) is 1. The smallest absolute Gasteiger partial charge is 0.265 e. The molecule has 4 nitrogen and oxygen atoms in total. The van der Waals surface area contributed by atoms with Gasteiger partial charge in [-0.15, -0.1) is 11.3 Å². The van der Waals surface area contributed by atoms with Crippen molar-refractivity contribution in [1.29, 1.82) is 0 Å². The summed E-state index contributed by atoms with van der Waals surface area (Å²) < 4.78 is 6.13. The Bertz CT molecular complexity index is 1150.